The quantitative estimate of drug-likeness (QED) is 0.444. The summed E-state index contributed by atoms with van der Waals surface area (Å²) in [7, 11) is 1.56. The van der Waals surface area contributed by atoms with E-state index in [1.807, 2.05) is 11.0 Å². The Labute approximate surface area is 209 Å². The first-order chi connectivity index (χ1) is 17.3. The van der Waals surface area contributed by atoms with Crippen LogP contribution in [0.25, 0.3) is 11.4 Å². The standard InChI is InChI=1S/C26H30FN5O4/c1-36-20-6-4-16(5-7-20)24-23(17-2-3-18(15-28)21(27)14-17)30-25(31-11-8-19(29)9-12-31)26(35)32(24)13-10-22(33)34/h2-7,14,19,22,26,33-35H,8-13,29H2,1H3. The van der Waals surface area contributed by atoms with E-state index in [4.69, 9.17) is 15.5 Å². The third-order valence-electron chi connectivity index (χ3n) is 6.48. The number of methoxy groups -OCH3 is 1. The summed E-state index contributed by atoms with van der Waals surface area (Å²) in [5.74, 6) is 0.333. The van der Waals surface area contributed by atoms with Crippen molar-refractivity contribution in [1.82, 2.24) is 9.80 Å². The predicted molar refractivity (Wildman–Crippen MR) is 133 cm³/mol. The van der Waals surface area contributed by atoms with E-state index in [9.17, 15) is 25.0 Å². The number of halogens is 1. The Morgan fingerprint density at radius 2 is 1.83 bits per heavy atom. The molecular weight excluding hydrogens is 465 g/mol. The summed E-state index contributed by atoms with van der Waals surface area (Å²) in [6.07, 6.45) is -1.33. The van der Waals surface area contributed by atoms with E-state index in [2.05, 4.69) is 0 Å². The van der Waals surface area contributed by atoms with E-state index in [1.165, 1.54) is 12.1 Å². The molecule has 0 amide bonds. The SMILES string of the molecule is COc1ccc(C2=C(c3ccc(C#N)c(F)c3)N=C(N3CCC(N)CC3)C(O)N2CCC(O)O)cc1. The van der Waals surface area contributed by atoms with Crippen LogP contribution in [0.3, 0.4) is 0 Å². The van der Waals surface area contributed by atoms with E-state index in [-0.39, 0.29) is 24.6 Å². The number of nitrogens with two attached hydrogens (primary N) is 1. The van der Waals surface area contributed by atoms with Crippen molar-refractivity contribution in [2.75, 3.05) is 26.7 Å². The highest BCUT2D eigenvalue weighted by atomic mass is 19.1. The molecule has 1 atom stereocenters. The normalized spacial score (nSPS) is 18.9. The zero-order valence-corrected chi connectivity index (χ0v) is 20.0. The minimum absolute atomic E-state index is 0.0378. The highest BCUT2D eigenvalue weighted by molar-refractivity contribution is 6.02. The summed E-state index contributed by atoms with van der Waals surface area (Å²) in [5.41, 5.74) is 7.96. The maximum atomic E-state index is 14.7. The van der Waals surface area contributed by atoms with Crippen LogP contribution in [0, 0.1) is 17.1 Å². The second-order valence-corrected chi connectivity index (χ2v) is 8.86. The Bertz CT molecular complexity index is 1180. The van der Waals surface area contributed by atoms with Crippen molar-refractivity contribution in [3.63, 3.8) is 0 Å². The number of aliphatic imine (C=N–C) groups is 1. The van der Waals surface area contributed by atoms with Crippen molar-refractivity contribution in [1.29, 1.82) is 5.26 Å². The largest absolute Gasteiger partial charge is 0.497 e. The lowest BCUT2D eigenvalue weighted by atomic mass is 9.99. The summed E-state index contributed by atoms with van der Waals surface area (Å²) in [5, 5.41) is 39.9. The molecular formula is C26H30FN5O4. The fourth-order valence-electron chi connectivity index (χ4n) is 4.48. The zero-order valence-electron chi connectivity index (χ0n) is 20.0. The molecule has 2 aromatic rings. The number of likely N-dealkylation sites (tertiary alicyclic amines) is 1. The van der Waals surface area contributed by atoms with Gasteiger partial charge in [0, 0.05) is 43.2 Å². The minimum atomic E-state index is -1.58. The summed E-state index contributed by atoms with van der Waals surface area (Å²) in [6, 6.07) is 13.3. The number of hydrogen-bond acceptors (Lipinski definition) is 9. The number of nitriles is 1. The van der Waals surface area contributed by atoms with Gasteiger partial charge in [0.1, 0.15) is 17.6 Å². The second kappa shape index (κ2) is 11.1. The van der Waals surface area contributed by atoms with Crippen molar-refractivity contribution in [3.8, 4) is 11.8 Å². The average Bonchev–Trinajstić information content (AvgIpc) is 2.88. The molecule has 9 nitrogen and oxygen atoms in total. The molecule has 4 rings (SSSR count). The topological polar surface area (TPSA) is 139 Å². The minimum Gasteiger partial charge on any atom is -0.497 e. The lowest BCUT2D eigenvalue weighted by Gasteiger charge is -2.42. The maximum Gasteiger partial charge on any atom is 0.186 e. The number of benzene rings is 2. The van der Waals surface area contributed by atoms with Crippen LogP contribution < -0.4 is 10.5 Å². The molecule has 2 heterocycles. The van der Waals surface area contributed by atoms with Gasteiger partial charge in [-0.1, -0.05) is 6.07 Å². The van der Waals surface area contributed by atoms with Crippen LogP contribution >= 0.6 is 0 Å². The zero-order chi connectivity index (χ0) is 25.8. The van der Waals surface area contributed by atoms with Crippen LogP contribution in [0.15, 0.2) is 47.5 Å². The van der Waals surface area contributed by atoms with Crippen LogP contribution in [0.1, 0.15) is 36.0 Å². The van der Waals surface area contributed by atoms with Gasteiger partial charge in [-0.05, 0) is 49.2 Å². The number of aliphatic hydroxyl groups excluding tert-OH is 2. The van der Waals surface area contributed by atoms with Gasteiger partial charge in [0.25, 0.3) is 0 Å². The molecule has 36 heavy (non-hydrogen) atoms. The average molecular weight is 496 g/mol. The van der Waals surface area contributed by atoms with Crippen molar-refractivity contribution >= 4 is 17.2 Å². The highest BCUT2D eigenvalue weighted by Crippen LogP contribution is 2.37. The number of hydrogen-bond donors (Lipinski definition) is 4. The Hall–Kier alpha value is -3.49. The number of aliphatic hydroxyl groups is 3. The molecule has 0 aromatic heterocycles. The smallest absolute Gasteiger partial charge is 0.186 e. The Morgan fingerprint density at radius 1 is 1.17 bits per heavy atom. The third kappa shape index (κ3) is 5.34. The number of nitrogens with zero attached hydrogens (tertiary/aromatic N) is 4. The highest BCUT2D eigenvalue weighted by Gasteiger charge is 2.36. The van der Waals surface area contributed by atoms with Gasteiger partial charge in [-0.2, -0.15) is 5.26 Å². The van der Waals surface area contributed by atoms with Gasteiger partial charge >= 0.3 is 0 Å². The van der Waals surface area contributed by atoms with Crippen LogP contribution in [-0.4, -0.2) is 76.3 Å². The molecule has 2 aliphatic rings. The van der Waals surface area contributed by atoms with E-state index in [0.29, 0.717) is 47.2 Å². The van der Waals surface area contributed by atoms with E-state index in [0.717, 1.165) is 12.8 Å². The van der Waals surface area contributed by atoms with Gasteiger partial charge in [0.15, 0.2) is 18.4 Å². The van der Waals surface area contributed by atoms with Gasteiger partial charge in [-0.25, -0.2) is 9.38 Å². The Morgan fingerprint density at radius 3 is 2.42 bits per heavy atom. The van der Waals surface area contributed by atoms with Crippen LogP contribution in [0.2, 0.25) is 0 Å². The molecule has 0 spiro atoms. The Balaban J connectivity index is 1.91. The van der Waals surface area contributed by atoms with Gasteiger partial charge in [0.05, 0.1) is 24.1 Å². The fourth-order valence-corrected chi connectivity index (χ4v) is 4.48. The number of piperidine rings is 1. The lowest BCUT2D eigenvalue weighted by molar-refractivity contribution is -0.0529. The van der Waals surface area contributed by atoms with Crippen LogP contribution in [-0.2, 0) is 0 Å². The van der Waals surface area contributed by atoms with Crippen molar-refractivity contribution in [2.45, 2.75) is 37.8 Å². The number of ether oxygens (including phenoxy) is 1. The van der Waals surface area contributed by atoms with Crippen molar-refractivity contribution < 1.29 is 24.4 Å². The van der Waals surface area contributed by atoms with E-state index >= 15 is 0 Å². The number of rotatable bonds is 6. The summed E-state index contributed by atoms with van der Waals surface area (Å²) >= 11 is 0. The molecule has 0 saturated carbocycles. The summed E-state index contributed by atoms with van der Waals surface area (Å²) in [6.45, 7) is 1.29. The van der Waals surface area contributed by atoms with Gasteiger partial charge in [0.2, 0.25) is 0 Å². The first kappa shape index (κ1) is 25.6. The Kier molecular flexibility index (Phi) is 7.86. The molecule has 190 valence electrons. The van der Waals surface area contributed by atoms with Gasteiger partial charge < -0.3 is 35.6 Å². The van der Waals surface area contributed by atoms with Crippen LogP contribution in [0.4, 0.5) is 4.39 Å². The molecule has 2 aromatic carbocycles. The van der Waals surface area contributed by atoms with Gasteiger partial charge in [-0.15, -0.1) is 0 Å². The number of amidine groups is 1. The molecule has 1 fully saturated rings. The van der Waals surface area contributed by atoms with Crippen molar-refractivity contribution in [2.24, 2.45) is 10.7 Å². The van der Waals surface area contributed by atoms with Gasteiger partial charge in [-0.3, -0.25) is 0 Å². The first-order valence-electron chi connectivity index (χ1n) is 11.8. The third-order valence-corrected chi connectivity index (χ3v) is 6.48. The van der Waals surface area contributed by atoms with Crippen LogP contribution in [0.5, 0.6) is 5.75 Å². The second-order valence-electron chi connectivity index (χ2n) is 8.86. The molecule has 0 radical (unpaired) electrons. The molecule has 0 aliphatic carbocycles. The van der Waals surface area contributed by atoms with E-state index < -0.39 is 18.3 Å². The first-order valence-corrected chi connectivity index (χ1v) is 11.8. The molecule has 10 heteroatoms. The maximum absolute atomic E-state index is 14.7. The van der Waals surface area contributed by atoms with Crippen molar-refractivity contribution in [3.05, 3.63) is 65.0 Å². The van der Waals surface area contributed by atoms with E-state index in [1.54, 1.807) is 42.3 Å². The molecule has 0 bridgehead atoms. The summed E-state index contributed by atoms with van der Waals surface area (Å²) in [4.78, 5) is 8.44. The molecule has 1 saturated heterocycles. The molecule has 1 unspecified atom stereocenters. The monoisotopic (exact) mass is 495 g/mol. The predicted octanol–water partition coefficient (Wildman–Crippen LogP) is 1.69. The fraction of sp³-hybridized carbons (Fsp3) is 0.385. The molecule has 5 N–H and O–H groups in total. The summed E-state index contributed by atoms with van der Waals surface area (Å²) < 4.78 is 20.0. The molecule has 2 aliphatic heterocycles. The lowest BCUT2D eigenvalue weighted by Crippen LogP contribution is -2.53.